The first kappa shape index (κ1) is 24.4. The summed E-state index contributed by atoms with van der Waals surface area (Å²) in [5.74, 6) is 0. The van der Waals surface area contributed by atoms with Crippen molar-refractivity contribution in [2.45, 2.75) is 37.8 Å². The molecule has 0 saturated heterocycles. The van der Waals surface area contributed by atoms with Crippen molar-refractivity contribution in [2.75, 3.05) is 12.5 Å². The SMILES string of the molecule is CS(=O)(=O)[O-].CS(=O)(=O)[O-].[NH-]C1CCCCC1[NH-].[Pt+4]. The number of rotatable bonds is 0. The second kappa shape index (κ2) is 11.1. The maximum absolute atomic E-state index is 9.08. The molecule has 0 aliphatic heterocycles. The maximum atomic E-state index is 9.08. The molecule has 0 amide bonds. The monoisotopic (exact) mass is 497 g/mol. The Morgan fingerprint density at radius 1 is 0.842 bits per heavy atom. The second-order valence-electron chi connectivity index (χ2n) is 3.91. The average molecular weight is 497 g/mol. The van der Waals surface area contributed by atoms with Crippen LogP contribution >= 0.6 is 0 Å². The van der Waals surface area contributed by atoms with Crippen LogP contribution in [0.1, 0.15) is 25.7 Å². The van der Waals surface area contributed by atoms with Crippen LogP contribution in [0.25, 0.3) is 11.5 Å². The molecule has 0 aromatic heterocycles. The summed E-state index contributed by atoms with van der Waals surface area (Å²) in [6.45, 7) is 0. The van der Waals surface area contributed by atoms with Gasteiger partial charge in [0.1, 0.15) is 0 Å². The minimum Gasteiger partial charge on any atom is -0.748 e. The average Bonchev–Trinajstić information content (AvgIpc) is 2.04. The fourth-order valence-electron chi connectivity index (χ4n) is 1.13. The number of hydrogen-bond donors (Lipinski definition) is 0. The summed E-state index contributed by atoms with van der Waals surface area (Å²) in [6.07, 6.45) is 5.45. The second-order valence-corrected chi connectivity index (χ2v) is 6.72. The van der Waals surface area contributed by atoms with Crippen molar-refractivity contribution >= 4 is 20.2 Å². The van der Waals surface area contributed by atoms with Gasteiger partial charge < -0.3 is 20.6 Å². The Morgan fingerprint density at radius 3 is 1.11 bits per heavy atom. The van der Waals surface area contributed by atoms with Gasteiger partial charge >= 0.3 is 21.1 Å². The van der Waals surface area contributed by atoms with Crippen LogP contribution in [0.2, 0.25) is 0 Å². The van der Waals surface area contributed by atoms with E-state index in [1.807, 2.05) is 0 Å². The van der Waals surface area contributed by atoms with Crippen molar-refractivity contribution in [1.82, 2.24) is 0 Å². The quantitative estimate of drug-likeness (QED) is 0.448. The van der Waals surface area contributed by atoms with E-state index in [4.69, 9.17) is 37.4 Å². The number of hydrogen-bond acceptors (Lipinski definition) is 6. The molecule has 19 heavy (non-hydrogen) atoms. The predicted molar refractivity (Wildman–Crippen MR) is 65.9 cm³/mol. The van der Waals surface area contributed by atoms with E-state index in [0.717, 1.165) is 12.8 Å². The van der Waals surface area contributed by atoms with Crippen molar-refractivity contribution in [3.8, 4) is 0 Å². The van der Waals surface area contributed by atoms with Gasteiger partial charge in [-0.2, -0.15) is 12.1 Å². The molecule has 1 rings (SSSR count). The molecular weight excluding hydrogens is 479 g/mol. The van der Waals surface area contributed by atoms with Gasteiger partial charge in [-0.25, -0.2) is 16.8 Å². The summed E-state index contributed by atoms with van der Waals surface area (Å²) in [7, 11) is -7.83. The summed E-state index contributed by atoms with van der Waals surface area (Å²) < 4.78 is 54.5. The van der Waals surface area contributed by atoms with Gasteiger partial charge in [0.2, 0.25) is 0 Å². The minimum absolute atomic E-state index is 0. The van der Waals surface area contributed by atoms with Gasteiger partial charge in [0.05, 0.1) is 20.2 Å². The van der Waals surface area contributed by atoms with Crippen molar-refractivity contribution in [1.29, 1.82) is 0 Å². The van der Waals surface area contributed by atoms with Gasteiger partial charge in [0.15, 0.2) is 0 Å². The Labute approximate surface area is 129 Å². The Morgan fingerprint density at radius 2 is 1.00 bits per heavy atom. The Bertz CT molecular complexity index is 355. The largest absolute Gasteiger partial charge is 4.00 e. The molecule has 0 radical (unpaired) electrons. The van der Waals surface area contributed by atoms with E-state index in [1.165, 1.54) is 12.8 Å². The van der Waals surface area contributed by atoms with Crippen LogP contribution < -0.4 is 0 Å². The molecule has 2 N–H and O–H groups in total. The third kappa shape index (κ3) is 38.1. The zero-order chi connectivity index (χ0) is 15.0. The fraction of sp³-hybridized carbons (Fsp3) is 1.00. The zero-order valence-electron chi connectivity index (χ0n) is 10.6. The predicted octanol–water partition coefficient (Wildman–Crippen LogP) is 0.722. The van der Waals surface area contributed by atoms with Gasteiger partial charge in [-0.05, 0) is 0 Å². The fourth-order valence-corrected chi connectivity index (χ4v) is 1.13. The molecule has 1 fully saturated rings. The molecule has 1 aliphatic rings. The topological polar surface area (TPSA) is 162 Å². The third-order valence-electron chi connectivity index (χ3n) is 1.77. The summed E-state index contributed by atoms with van der Waals surface area (Å²) in [6, 6.07) is -0.160. The molecule has 0 aromatic rings. The van der Waals surface area contributed by atoms with E-state index in [-0.39, 0.29) is 33.1 Å². The van der Waals surface area contributed by atoms with Crippen LogP contribution in [0.15, 0.2) is 0 Å². The van der Waals surface area contributed by atoms with Gasteiger partial charge in [-0.15, -0.1) is 0 Å². The van der Waals surface area contributed by atoms with Crippen molar-refractivity contribution in [3.63, 3.8) is 0 Å². The van der Waals surface area contributed by atoms with Gasteiger partial charge in [0.25, 0.3) is 0 Å². The molecule has 1 aliphatic carbocycles. The van der Waals surface area contributed by atoms with E-state index >= 15 is 0 Å². The van der Waals surface area contributed by atoms with Crippen LogP contribution in [0.5, 0.6) is 0 Å². The van der Waals surface area contributed by atoms with Crippen molar-refractivity contribution < 1.29 is 47.0 Å². The Kier molecular flexibility index (Phi) is 14.3. The third-order valence-corrected chi connectivity index (χ3v) is 1.77. The Hall–Kier alpha value is 0.428. The smallest absolute Gasteiger partial charge is 0.748 e. The van der Waals surface area contributed by atoms with Crippen molar-refractivity contribution in [3.05, 3.63) is 11.5 Å². The molecule has 2 unspecified atom stereocenters. The van der Waals surface area contributed by atoms with E-state index < -0.39 is 20.2 Å². The molecule has 2 atom stereocenters. The van der Waals surface area contributed by atoms with Gasteiger partial charge in [-0.1, -0.05) is 25.7 Å². The molecule has 0 heterocycles. The number of nitrogens with one attached hydrogen (secondary N) is 2. The molecule has 0 spiro atoms. The van der Waals surface area contributed by atoms with Crippen LogP contribution in [0.3, 0.4) is 0 Å². The summed E-state index contributed by atoms with van der Waals surface area (Å²) in [5.41, 5.74) is 14.6. The van der Waals surface area contributed by atoms with Gasteiger partial charge in [-0.3, -0.25) is 0 Å². The van der Waals surface area contributed by atoms with Gasteiger partial charge in [0, 0.05) is 12.5 Å². The minimum atomic E-state index is -3.92. The van der Waals surface area contributed by atoms with Crippen LogP contribution in [0, 0.1) is 0 Å². The van der Waals surface area contributed by atoms with E-state index in [2.05, 4.69) is 0 Å². The van der Waals surface area contributed by atoms with Crippen LogP contribution in [0.4, 0.5) is 0 Å². The molecule has 11 heteroatoms. The van der Waals surface area contributed by atoms with E-state index in [0.29, 0.717) is 12.5 Å². The summed E-state index contributed by atoms with van der Waals surface area (Å²) in [4.78, 5) is 0. The molecule has 8 nitrogen and oxygen atoms in total. The van der Waals surface area contributed by atoms with Crippen LogP contribution in [-0.4, -0.2) is 50.5 Å². The first-order chi connectivity index (χ1) is 7.80. The zero-order valence-corrected chi connectivity index (χ0v) is 14.5. The molecular formula is C8H18N2O6PtS2. The summed E-state index contributed by atoms with van der Waals surface area (Å²) >= 11 is 0. The first-order valence-electron chi connectivity index (χ1n) is 5.04. The standard InChI is InChI=1S/C6H12N2.2CH4O3S.Pt/c7-5-3-1-2-4-6(5)8;2*1-5(2,3)4;/h5-8H,1-4H2;2*1H3,(H,2,3,4);/q-2;;;+4/p-2. The molecule has 0 aromatic carbocycles. The van der Waals surface area contributed by atoms with Crippen molar-refractivity contribution in [2.24, 2.45) is 0 Å². The Balaban J connectivity index is -0.000000208. The summed E-state index contributed by atoms with van der Waals surface area (Å²) in [5, 5.41) is 0. The molecule has 0 bridgehead atoms. The van der Waals surface area contributed by atoms with E-state index in [1.54, 1.807) is 0 Å². The molecule has 1 saturated carbocycles. The van der Waals surface area contributed by atoms with E-state index in [9.17, 15) is 0 Å². The van der Waals surface area contributed by atoms with Crippen LogP contribution in [-0.2, 0) is 41.3 Å². The first-order valence-corrected chi connectivity index (χ1v) is 8.68. The normalized spacial score (nSPS) is 22.8. The maximum Gasteiger partial charge on any atom is 4.00 e. The molecule has 118 valence electrons.